The maximum atomic E-state index is 10.7. The fraction of sp³-hybridized carbons (Fsp3) is 0.125. The van der Waals surface area contributed by atoms with E-state index in [1.54, 1.807) is 0 Å². The third kappa shape index (κ3) is 3.98. The van der Waals surface area contributed by atoms with Gasteiger partial charge in [-0.1, -0.05) is 0 Å². The average molecular weight is 318 g/mol. The lowest BCUT2D eigenvalue weighted by atomic mass is 10.2. The van der Waals surface area contributed by atoms with Crippen molar-refractivity contribution in [2.45, 2.75) is 0 Å². The lowest BCUT2D eigenvalue weighted by molar-refractivity contribution is -0.411. The minimum Gasteiger partial charge on any atom is -0.493 e. The Hall–Kier alpha value is -3.06. The molecule has 0 N–H and O–H groups in total. The SMILES string of the molecule is COc1cc(C=O)ccc1OOOc1ccc(C=O)cc1OC. The quantitative estimate of drug-likeness (QED) is 0.420. The summed E-state index contributed by atoms with van der Waals surface area (Å²) < 4.78 is 10.2. The summed E-state index contributed by atoms with van der Waals surface area (Å²) in [4.78, 5) is 31.4. The van der Waals surface area contributed by atoms with Gasteiger partial charge in [0.05, 0.1) is 14.2 Å². The van der Waals surface area contributed by atoms with Gasteiger partial charge >= 0.3 is 0 Å². The van der Waals surface area contributed by atoms with Gasteiger partial charge in [-0.2, -0.15) is 0 Å². The van der Waals surface area contributed by atoms with Crippen LogP contribution in [0, 0.1) is 0 Å². The number of methoxy groups -OCH3 is 2. The fourth-order valence-electron chi connectivity index (χ4n) is 1.74. The number of hydrogen-bond donors (Lipinski definition) is 0. The number of ether oxygens (including phenoxy) is 2. The van der Waals surface area contributed by atoms with Gasteiger partial charge in [0.15, 0.2) is 11.5 Å². The Bertz CT molecular complexity index is 637. The summed E-state index contributed by atoms with van der Waals surface area (Å²) in [6, 6.07) is 9.05. The van der Waals surface area contributed by atoms with Crippen molar-refractivity contribution in [3.63, 3.8) is 0 Å². The molecule has 0 aromatic heterocycles. The van der Waals surface area contributed by atoms with Crippen molar-refractivity contribution in [1.82, 2.24) is 0 Å². The van der Waals surface area contributed by atoms with Crippen LogP contribution in [0.15, 0.2) is 36.4 Å². The second-order valence-electron chi connectivity index (χ2n) is 4.29. The van der Waals surface area contributed by atoms with Crippen molar-refractivity contribution >= 4 is 12.6 Å². The minimum atomic E-state index is 0.224. The van der Waals surface area contributed by atoms with Gasteiger partial charge in [0.25, 0.3) is 0 Å². The number of aldehydes is 2. The number of hydrogen-bond acceptors (Lipinski definition) is 7. The number of carbonyl (C=O) groups is 2. The van der Waals surface area contributed by atoms with E-state index < -0.39 is 0 Å². The first-order valence-electron chi connectivity index (χ1n) is 6.49. The molecular formula is C16H14O7. The Morgan fingerprint density at radius 2 is 1.13 bits per heavy atom. The zero-order valence-electron chi connectivity index (χ0n) is 12.5. The molecule has 120 valence electrons. The number of carbonyl (C=O) groups excluding carboxylic acids is 2. The van der Waals surface area contributed by atoms with Crippen LogP contribution in [0.25, 0.3) is 0 Å². The van der Waals surface area contributed by atoms with Gasteiger partial charge in [-0.3, -0.25) is 19.4 Å². The lowest BCUT2D eigenvalue weighted by Crippen LogP contribution is -2.04. The molecule has 0 atom stereocenters. The molecule has 0 bridgehead atoms. The van der Waals surface area contributed by atoms with Crippen LogP contribution in [-0.2, 0) is 5.04 Å². The van der Waals surface area contributed by atoms with Crippen LogP contribution < -0.4 is 19.2 Å². The van der Waals surface area contributed by atoms with E-state index in [2.05, 4.69) is 0 Å². The second kappa shape index (κ2) is 7.81. The van der Waals surface area contributed by atoms with Crippen LogP contribution in [0.1, 0.15) is 20.7 Å². The first kappa shape index (κ1) is 16.3. The van der Waals surface area contributed by atoms with Crippen molar-refractivity contribution in [3.8, 4) is 23.0 Å². The first-order chi connectivity index (χ1) is 11.2. The van der Waals surface area contributed by atoms with E-state index in [1.807, 2.05) is 0 Å². The Labute approximate surface area is 132 Å². The van der Waals surface area contributed by atoms with Crippen LogP contribution in [-0.4, -0.2) is 26.8 Å². The van der Waals surface area contributed by atoms with Gasteiger partial charge in [-0.15, -0.1) is 0 Å². The Morgan fingerprint density at radius 3 is 1.48 bits per heavy atom. The summed E-state index contributed by atoms with van der Waals surface area (Å²) in [6.07, 6.45) is 1.37. The smallest absolute Gasteiger partial charge is 0.211 e. The van der Waals surface area contributed by atoms with Crippen LogP contribution in [0.4, 0.5) is 0 Å². The van der Waals surface area contributed by atoms with Crippen molar-refractivity contribution in [2.24, 2.45) is 0 Å². The predicted molar refractivity (Wildman–Crippen MR) is 79.1 cm³/mol. The molecule has 0 amide bonds. The average Bonchev–Trinajstić information content (AvgIpc) is 2.61. The molecule has 0 unspecified atom stereocenters. The summed E-state index contributed by atoms with van der Waals surface area (Å²) in [5, 5.41) is 4.70. The third-order valence-corrected chi connectivity index (χ3v) is 2.90. The maximum Gasteiger partial charge on any atom is 0.211 e. The molecule has 0 saturated carbocycles. The molecule has 0 aliphatic rings. The summed E-state index contributed by atoms with van der Waals surface area (Å²) >= 11 is 0. The molecule has 7 nitrogen and oxygen atoms in total. The molecular weight excluding hydrogens is 304 g/mol. The van der Waals surface area contributed by atoms with Crippen molar-refractivity contribution < 1.29 is 33.9 Å². The van der Waals surface area contributed by atoms with E-state index in [0.717, 1.165) is 0 Å². The zero-order valence-corrected chi connectivity index (χ0v) is 12.5. The van der Waals surface area contributed by atoms with Crippen molar-refractivity contribution in [3.05, 3.63) is 47.5 Å². The fourth-order valence-corrected chi connectivity index (χ4v) is 1.74. The van der Waals surface area contributed by atoms with Crippen molar-refractivity contribution in [2.75, 3.05) is 14.2 Å². The summed E-state index contributed by atoms with van der Waals surface area (Å²) in [5.41, 5.74) is 0.863. The molecule has 23 heavy (non-hydrogen) atoms. The Morgan fingerprint density at radius 1 is 0.696 bits per heavy atom. The Kier molecular flexibility index (Phi) is 5.54. The summed E-state index contributed by atoms with van der Waals surface area (Å²) in [5.74, 6) is 1.06. The molecule has 0 aliphatic heterocycles. The lowest BCUT2D eigenvalue weighted by Gasteiger charge is -2.10. The standard InChI is InChI=1S/C16H14O7/c1-19-15-7-11(9-17)3-5-13(15)21-23-22-14-6-4-12(10-18)8-16(14)20-2/h3-10H,1-2H3. The van der Waals surface area contributed by atoms with Gasteiger partial charge in [-0.25, -0.2) is 0 Å². The summed E-state index contributed by atoms with van der Waals surface area (Å²) in [6.45, 7) is 0. The van der Waals surface area contributed by atoms with Gasteiger partial charge in [0.1, 0.15) is 12.6 Å². The van der Waals surface area contributed by atoms with Gasteiger partial charge < -0.3 is 9.47 Å². The summed E-state index contributed by atoms with van der Waals surface area (Å²) in [7, 11) is 2.86. The molecule has 0 radical (unpaired) electrons. The van der Waals surface area contributed by atoms with E-state index in [0.29, 0.717) is 35.2 Å². The van der Waals surface area contributed by atoms with E-state index in [-0.39, 0.29) is 11.5 Å². The normalized spacial score (nSPS) is 9.83. The molecule has 0 saturated heterocycles. The maximum absolute atomic E-state index is 10.7. The van der Waals surface area contributed by atoms with E-state index in [9.17, 15) is 9.59 Å². The van der Waals surface area contributed by atoms with Crippen molar-refractivity contribution in [1.29, 1.82) is 0 Å². The molecule has 2 rings (SSSR count). The molecule has 0 spiro atoms. The number of rotatable bonds is 8. The van der Waals surface area contributed by atoms with E-state index >= 15 is 0 Å². The minimum absolute atomic E-state index is 0.224. The number of benzene rings is 2. The zero-order chi connectivity index (χ0) is 16.7. The van der Waals surface area contributed by atoms with Crippen LogP contribution >= 0.6 is 0 Å². The highest BCUT2D eigenvalue weighted by Gasteiger charge is 2.10. The van der Waals surface area contributed by atoms with Gasteiger partial charge in [-0.05, 0) is 36.4 Å². The van der Waals surface area contributed by atoms with Crippen LogP contribution in [0.5, 0.6) is 23.0 Å². The largest absolute Gasteiger partial charge is 0.493 e. The molecule has 0 fully saturated rings. The van der Waals surface area contributed by atoms with Crippen LogP contribution in [0.3, 0.4) is 0 Å². The molecule has 2 aromatic carbocycles. The Balaban J connectivity index is 2.05. The van der Waals surface area contributed by atoms with Crippen LogP contribution in [0.2, 0.25) is 0 Å². The highest BCUT2D eigenvalue weighted by Crippen LogP contribution is 2.30. The monoisotopic (exact) mass is 318 g/mol. The predicted octanol–water partition coefficient (Wildman–Crippen LogP) is 2.63. The highest BCUT2D eigenvalue weighted by atomic mass is 17.5. The van der Waals surface area contributed by atoms with Gasteiger partial charge in [0.2, 0.25) is 11.5 Å². The molecule has 0 heterocycles. The molecule has 7 heteroatoms. The van der Waals surface area contributed by atoms with E-state index in [4.69, 9.17) is 24.3 Å². The third-order valence-electron chi connectivity index (χ3n) is 2.90. The topological polar surface area (TPSA) is 80.3 Å². The first-order valence-corrected chi connectivity index (χ1v) is 6.49. The van der Waals surface area contributed by atoms with Gasteiger partial charge in [0, 0.05) is 16.2 Å². The second-order valence-corrected chi connectivity index (χ2v) is 4.29. The molecule has 0 aliphatic carbocycles. The van der Waals surface area contributed by atoms with E-state index in [1.165, 1.54) is 50.6 Å². The highest BCUT2D eigenvalue weighted by molar-refractivity contribution is 5.76. The molecule has 2 aromatic rings.